The molecule has 2 N–H and O–H groups in total. The van der Waals surface area contributed by atoms with Crippen molar-refractivity contribution >= 4 is 24.2 Å². The number of benzene rings is 1. The average Bonchev–Trinajstić information content (AvgIpc) is 2.72. The van der Waals surface area contributed by atoms with Crippen LogP contribution in [0.25, 0.3) is 0 Å². The van der Waals surface area contributed by atoms with Crippen molar-refractivity contribution in [3.8, 4) is 5.75 Å². The molecule has 1 aromatic rings. The molecular weight excluding hydrogens is 378 g/mol. The first kappa shape index (κ1) is 22.5. The summed E-state index contributed by atoms with van der Waals surface area (Å²) in [5.41, 5.74) is 6.12. The number of piperidine rings is 2. The molecule has 0 radical (unpaired) electrons. The number of ether oxygens (including phenoxy) is 1. The molecule has 3 rings (SSSR count). The number of carbonyl (C=O) groups is 2. The first-order valence-corrected chi connectivity index (χ1v) is 10.1. The fourth-order valence-electron chi connectivity index (χ4n) is 4.17. The summed E-state index contributed by atoms with van der Waals surface area (Å²) < 4.78 is 5.58. The maximum absolute atomic E-state index is 13.1. The van der Waals surface area contributed by atoms with Gasteiger partial charge in [0.2, 0.25) is 5.91 Å². The highest BCUT2D eigenvalue weighted by atomic mass is 35.5. The number of halogens is 1. The third-order valence-electron chi connectivity index (χ3n) is 5.67. The van der Waals surface area contributed by atoms with Gasteiger partial charge in [-0.25, -0.2) is 0 Å². The van der Waals surface area contributed by atoms with Gasteiger partial charge in [-0.15, -0.1) is 12.4 Å². The maximum atomic E-state index is 13.1. The zero-order valence-electron chi connectivity index (χ0n) is 16.6. The standard InChI is InChI=1S/C21H31N3O3.ClH/c1-16(22)19-11-5-6-13-24(19)21(26)17-8-7-12-23(14-17)20(25)15-27-18-9-3-2-4-10-18;/h2-4,9-10,16-17,19H,5-8,11-15,22H2,1H3;1H. The van der Waals surface area contributed by atoms with Gasteiger partial charge in [-0.3, -0.25) is 9.59 Å². The molecule has 6 nitrogen and oxygen atoms in total. The van der Waals surface area contributed by atoms with E-state index in [1.54, 1.807) is 4.90 Å². The van der Waals surface area contributed by atoms with Gasteiger partial charge in [-0.05, 0) is 51.2 Å². The number of para-hydroxylation sites is 1. The summed E-state index contributed by atoms with van der Waals surface area (Å²) in [5, 5.41) is 0. The number of nitrogens with zero attached hydrogens (tertiary/aromatic N) is 2. The Bertz CT molecular complexity index is 641. The molecule has 2 saturated heterocycles. The van der Waals surface area contributed by atoms with Crippen LogP contribution in [0, 0.1) is 5.92 Å². The van der Waals surface area contributed by atoms with Crippen molar-refractivity contribution in [1.29, 1.82) is 0 Å². The van der Waals surface area contributed by atoms with Gasteiger partial charge in [0.05, 0.1) is 5.92 Å². The van der Waals surface area contributed by atoms with E-state index in [1.807, 2.05) is 42.2 Å². The van der Waals surface area contributed by atoms with Gasteiger partial charge in [0.1, 0.15) is 5.75 Å². The van der Waals surface area contributed by atoms with Crippen LogP contribution in [0.2, 0.25) is 0 Å². The highest BCUT2D eigenvalue weighted by Crippen LogP contribution is 2.25. The summed E-state index contributed by atoms with van der Waals surface area (Å²) in [7, 11) is 0. The molecule has 0 saturated carbocycles. The molecule has 0 spiro atoms. The first-order valence-electron chi connectivity index (χ1n) is 10.1. The minimum absolute atomic E-state index is 0. The van der Waals surface area contributed by atoms with Crippen LogP contribution in [0.15, 0.2) is 30.3 Å². The summed E-state index contributed by atoms with van der Waals surface area (Å²) in [5.74, 6) is 0.666. The fraction of sp³-hybridized carbons (Fsp3) is 0.619. The molecule has 2 aliphatic rings. The Morgan fingerprint density at radius 3 is 2.61 bits per heavy atom. The van der Waals surface area contributed by atoms with Crippen LogP contribution in [-0.2, 0) is 9.59 Å². The zero-order chi connectivity index (χ0) is 19.2. The van der Waals surface area contributed by atoms with Gasteiger partial charge in [0.15, 0.2) is 6.61 Å². The van der Waals surface area contributed by atoms with E-state index >= 15 is 0 Å². The lowest BCUT2D eigenvalue weighted by Crippen LogP contribution is -2.55. The lowest BCUT2D eigenvalue weighted by molar-refractivity contribution is -0.144. The molecule has 2 amide bonds. The average molecular weight is 410 g/mol. The highest BCUT2D eigenvalue weighted by molar-refractivity contribution is 5.85. The minimum atomic E-state index is -0.126. The largest absolute Gasteiger partial charge is 0.484 e. The van der Waals surface area contributed by atoms with Crippen molar-refractivity contribution in [2.24, 2.45) is 11.7 Å². The number of likely N-dealkylation sites (tertiary alicyclic amines) is 2. The fourth-order valence-corrected chi connectivity index (χ4v) is 4.17. The van der Waals surface area contributed by atoms with Crippen molar-refractivity contribution in [3.63, 3.8) is 0 Å². The first-order chi connectivity index (χ1) is 13.1. The second kappa shape index (κ2) is 10.7. The number of hydrogen-bond donors (Lipinski definition) is 1. The Morgan fingerprint density at radius 2 is 1.89 bits per heavy atom. The van der Waals surface area contributed by atoms with E-state index < -0.39 is 0 Å². The van der Waals surface area contributed by atoms with Gasteiger partial charge in [0.25, 0.3) is 5.91 Å². The molecule has 28 heavy (non-hydrogen) atoms. The molecule has 2 aliphatic heterocycles. The van der Waals surface area contributed by atoms with Crippen molar-refractivity contribution in [1.82, 2.24) is 9.80 Å². The normalized spacial score (nSPS) is 23.5. The molecule has 0 bridgehead atoms. The smallest absolute Gasteiger partial charge is 0.260 e. The Kier molecular flexibility index (Phi) is 8.58. The predicted molar refractivity (Wildman–Crippen MR) is 111 cm³/mol. The molecule has 2 heterocycles. The van der Waals surface area contributed by atoms with Crippen LogP contribution in [0.5, 0.6) is 5.75 Å². The Hall–Kier alpha value is -1.79. The Balaban J connectivity index is 0.00000280. The lowest BCUT2D eigenvalue weighted by Gasteiger charge is -2.41. The van der Waals surface area contributed by atoms with Crippen LogP contribution >= 0.6 is 12.4 Å². The Morgan fingerprint density at radius 1 is 1.14 bits per heavy atom. The molecule has 1 aromatic carbocycles. The Labute approximate surface area is 173 Å². The molecule has 7 heteroatoms. The summed E-state index contributed by atoms with van der Waals surface area (Å²) in [6.07, 6.45) is 4.83. The molecule has 3 unspecified atom stereocenters. The van der Waals surface area contributed by atoms with Gasteiger partial charge in [-0.1, -0.05) is 18.2 Å². The summed E-state index contributed by atoms with van der Waals surface area (Å²) in [4.78, 5) is 29.4. The summed E-state index contributed by atoms with van der Waals surface area (Å²) in [6, 6.07) is 9.44. The third-order valence-corrected chi connectivity index (χ3v) is 5.67. The van der Waals surface area contributed by atoms with E-state index in [4.69, 9.17) is 10.5 Å². The van der Waals surface area contributed by atoms with Gasteiger partial charge < -0.3 is 20.3 Å². The van der Waals surface area contributed by atoms with Gasteiger partial charge >= 0.3 is 0 Å². The van der Waals surface area contributed by atoms with Crippen molar-refractivity contribution in [2.45, 2.75) is 51.1 Å². The van der Waals surface area contributed by atoms with Crippen LogP contribution in [0.3, 0.4) is 0 Å². The number of carbonyl (C=O) groups excluding carboxylic acids is 2. The number of nitrogens with two attached hydrogens (primary N) is 1. The van der Waals surface area contributed by atoms with E-state index in [-0.39, 0.29) is 48.8 Å². The number of amides is 2. The van der Waals surface area contributed by atoms with Crippen molar-refractivity contribution < 1.29 is 14.3 Å². The second-order valence-electron chi connectivity index (χ2n) is 7.73. The number of rotatable bonds is 5. The molecule has 0 aliphatic carbocycles. The summed E-state index contributed by atoms with van der Waals surface area (Å²) >= 11 is 0. The SMILES string of the molecule is CC(N)C1CCCCN1C(=O)C1CCCN(C(=O)COc2ccccc2)C1.Cl. The minimum Gasteiger partial charge on any atom is -0.484 e. The maximum Gasteiger partial charge on any atom is 0.260 e. The van der Waals surface area contributed by atoms with E-state index in [9.17, 15) is 9.59 Å². The predicted octanol–water partition coefficient (Wildman–Crippen LogP) is 2.45. The monoisotopic (exact) mass is 409 g/mol. The quantitative estimate of drug-likeness (QED) is 0.810. The van der Waals surface area contributed by atoms with Gasteiger partial charge in [-0.2, -0.15) is 0 Å². The van der Waals surface area contributed by atoms with Crippen LogP contribution in [-0.4, -0.2) is 59.9 Å². The van der Waals surface area contributed by atoms with Crippen molar-refractivity contribution in [3.05, 3.63) is 30.3 Å². The number of hydrogen-bond acceptors (Lipinski definition) is 4. The van der Waals surface area contributed by atoms with Gasteiger partial charge in [0, 0.05) is 31.7 Å². The van der Waals surface area contributed by atoms with Crippen molar-refractivity contribution in [2.75, 3.05) is 26.2 Å². The molecular formula is C21H32ClN3O3. The molecule has 2 fully saturated rings. The van der Waals surface area contributed by atoms with E-state index in [0.717, 1.165) is 38.6 Å². The second-order valence-corrected chi connectivity index (χ2v) is 7.73. The third kappa shape index (κ3) is 5.61. The molecule has 156 valence electrons. The van der Waals surface area contributed by atoms with Crippen LogP contribution < -0.4 is 10.5 Å². The topological polar surface area (TPSA) is 75.9 Å². The highest BCUT2D eigenvalue weighted by Gasteiger charge is 2.36. The van der Waals surface area contributed by atoms with E-state index in [1.165, 1.54) is 0 Å². The lowest BCUT2D eigenvalue weighted by atomic mass is 9.91. The van der Waals surface area contributed by atoms with E-state index in [0.29, 0.717) is 18.8 Å². The zero-order valence-corrected chi connectivity index (χ0v) is 17.4. The van der Waals surface area contributed by atoms with Crippen LogP contribution in [0.1, 0.15) is 39.0 Å². The van der Waals surface area contributed by atoms with E-state index in [2.05, 4.69) is 0 Å². The summed E-state index contributed by atoms with van der Waals surface area (Å²) in [6.45, 7) is 3.95. The molecule has 0 aromatic heterocycles. The van der Waals surface area contributed by atoms with Crippen LogP contribution in [0.4, 0.5) is 0 Å². The molecule has 3 atom stereocenters.